The summed E-state index contributed by atoms with van der Waals surface area (Å²) in [6.07, 6.45) is 7.07. The lowest BCUT2D eigenvalue weighted by molar-refractivity contribution is -0.121. The van der Waals surface area contributed by atoms with E-state index in [1.165, 1.54) is 0 Å². The maximum atomic E-state index is 11.9. The van der Waals surface area contributed by atoms with Gasteiger partial charge in [-0.3, -0.25) is 4.79 Å². The summed E-state index contributed by atoms with van der Waals surface area (Å²) in [7, 11) is 0. The lowest BCUT2D eigenvalue weighted by Crippen LogP contribution is -2.38. The summed E-state index contributed by atoms with van der Waals surface area (Å²) in [6, 6.07) is 5.19. The molecule has 1 aromatic carbocycles. The van der Waals surface area contributed by atoms with Gasteiger partial charge in [0.05, 0.1) is 11.6 Å². The van der Waals surface area contributed by atoms with Crippen molar-refractivity contribution in [2.45, 2.75) is 38.6 Å². The van der Waals surface area contributed by atoms with Crippen molar-refractivity contribution in [3.63, 3.8) is 0 Å². The monoisotopic (exact) mass is 285 g/mol. The lowest BCUT2D eigenvalue weighted by Gasteiger charge is -2.30. The molecule has 0 aromatic heterocycles. The predicted molar refractivity (Wildman–Crippen MR) is 80.9 cm³/mol. The second kappa shape index (κ2) is 5.64. The standard InChI is InChI=1S/C17H19NO3/c1-2-5-17(20)18-13-6-3-8-15-11(13)10-12-14(19)7-4-9-16(12)21-15/h4,7-10,13,19H,2-3,5-6H2,1H3,(H,18,20). The fraction of sp³-hybridized carbons (Fsp3) is 0.353. The summed E-state index contributed by atoms with van der Waals surface area (Å²) < 4.78 is 5.87. The minimum Gasteiger partial charge on any atom is -0.507 e. The van der Waals surface area contributed by atoms with Gasteiger partial charge < -0.3 is 15.2 Å². The van der Waals surface area contributed by atoms with Crippen molar-refractivity contribution < 1.29 is 14.6 Å². The van der Waals surface area contributed by atoms with Crippen LogP contribution in [0.1, 0.15) is 38.2 Å². The zero-order valence-corrected chi connectivity index (χ0v) is 12.1. The summed E-state index contributed by atoms with van der Waals surface area (Å²) in [5.74, 6) is 1.71. The molecule has 0 fully saturated rings. The summed E-state index contributed by atoms with van der Waals surface area (Å²) in [5.41, 5.74) is 1.63. The number of benzene rings is 1. The zero-order chi connectivity index (χ0) is 14.8. The Balaban J connectivity index is 1.92. The quantitative estimate of drug-likeness (QED) is 0.897. The minimum atomic E-state index is -0.0446. The van der Waals surface area contributed by atoms with Gasteiger partial charge >= 0.3 is 0 Å². The highest BCUT2D eigenvalue weighted by Crippen LogP contribution is 2.40. The number of amides is 1. The van der Waals surface area contributed by atoms with Crippen LogP contribution in [0.3, 0.4) is 0 Å². The van der Waals surface area contributed by atoms with Crippen molar-refractivity contribution >= 4 is 12.0 Å². The van der Waals surface area contributed by atoms with Crippen LogP contribution in [-0.4, -0.2) is 17.1 Å². The highest BCUT2D eigenvalue weighted by Gasteiger charge is 2.28. The van der Waals surface area contributed by atoms with Gasteiger partial charge in [0.2, 0.25) is 5.91 Å². The van der Waals surface area contributed by atoms with Gasteiger partial charge in [0.1, 0.15) is 17.3 Å². The van der Waals surface area contributed by atoms with Crippen LogP contribution in [0.5, 0.6) is 11.5 Å². The van der Waals surface area contributed by atoms with Gasteiger partial charge in [-0.1, -0.05) is 13.0 Å². The van der Waals surface area contributed by atoms with E-state index in [2.05, 4.69) is 5.32 Å². The molecule has 1 amide bonds. The van der Waals surface area contributed by atoms with Gasteiger partial charge in [0, 0.05) is 12.0 Å². The second-order valence-corrected chi connectivity index (χ2v) is 5.41. The van der Waals surface area contributed by atoms with Gasteiger partial charge in [-0.15, -0.1) is 0 Å². The molecular formula is C17H19NO3. The van der Waals surface area contributed by atoms with E-state index in [1.54, 1.807) is 12.1 Å². The number of phenolic OH excluding ortho intramolecular Hbond substituents is 1. The number of nitrogens with one attached hydrogen (secondary N) is 1. The number of hydrogen-bond donors (Lipinski definition) is 2. The molecule has 0 saturated carbocycles. The highest BCUT2D eigenvalue weighted by molar-refractivity contribution is 5.78. The molecule has 1 aliphatic heterocycles. The van der Waals surface area contributed by atoms with Crippen molar-refractivity contribution in [3.05, 3.63) is 41.2 Å². The number of allylic oxidation sites excluding steroid dienone is 1. The lowest BCUT2D eigenvalue weighted by atomic mass is 9.90. The molecule has 0 spiro atoms. The summed E-state index contributed by atoms with van der Waals surface area (Å²) in [5, 5.41) is 13.0. The molecule has 2 aliphatic rings. The van der Waals surface area contributed by atoms with Crippen molar-refractivity contribution in [3.8, 4) is 11.5 Å². The Kier molecular flexibility index (Phi) is 3.69. The van der Waals surface area contributed by atoms with Gasteiger partial charge in [-0.25, -0.2) is 0 Å². The number of hydrogen-bond acceptors (Lipinski definition) is 3. The van der Waals surface area contributed by atoms with Crippen LogP contribution < -0.4 is 10.1 Å². The first-order valence-corrected chi connectivity index (χ1v) is 7.40. The maximum absolute atomic E-state index is 11.9. The SMILES string of the molecule is CCCC(=O)NC1CCC=C2Oc3cccc(O)c3C=C21. The number of phenols is 1. The molecular weight excluding hydrogens is 266 g/mol. The van der Waals surface area contributed by atoms with Gasteiger partial charge in [0.25, 0.3) is 0 Å². The average molecular weight is 285 g/mol. The van der Waals surface area contributed by atoms with E-state index in [9.17, 15) is 9.90 Å². The Morgan fingerprint density at radius 1 is 1.48 bits per heavy atom. The number of carbonyl (C=O) groups excluding carboxylic acids is 1. The molecule has 110 valence electrons. The molecule has 1 unspecified atom stereocenters. The van der Waals surface area contributed by atoms with E-state index in [1.807, 2.05) is 25.1 Å². The Hall–Kier alpha value is -2.23. The number of ether oxygens (including phenoxy) is 1. The largest absolute Gasteiger partial charge is 0.507 e. The van der Waals surface area contributed by atoms with Crippen LogP contribution in [0.25, 0.3) is 6.08 Å². The number of fused-ring (bicyclic) bond motifs is 2. The fourth-order valence-electron chi connectivity index (χ4n) is 2.78. The summed E-state index contributed by atoms with van der Waals surface area (Å²) in [6.45, 7) is 1.99. The first kappa shape index (κ1) is 13.7. The van der Waals surface area contributed by atoms with Crippen molar-refractivity contribution in [1.82, 2.24) is 5.32 Å². The molecule has 21 heavy (non-hydrogen) atoms. The van der Waals surface area contributed by atoms with E-state index in [-0.39, 0.29) is 17.7 Å². The third-order valence-corrected chi connectivity index (χ3v) is 3.82. The Labute approximate surface area is 124 Å². The van der Waals surface area contributed by atoms with Crippen LogP contribution in [0.4, 0.5) is 0 Å². The van der Waals surface area contributed by atoms with E-state index >= 15 is 0 Å². The first-order chi connectivity index (χ1) is 10.2. The smallest absolute Gasteiger partial charge is 0.220 e. The van der Waals surface area contributed by atoms with Crippen LogP contribution in [0.15, 0.2) is 35.6 Å². The first-order valence-electron chi connectivity index (χ1n) is 7.40. The Morgan fingerprint density at radius 3 is 3.14 bits per heavy atom. The maximum Gasteiger partial charge on any atom is 0.220 e. The minimum absolute atomic E-state index is 0.0446. The summed E-state index contributed by atoms with van der Waals surface area (Å²) >= 11 is 0. The molecule has 4 heteroatoms. The molecule has 0 bridgehead atoms. The summed E-state index contributed by atoms with van der Waals surface area (Å²) in [4.78, 5) is 11.9. The molecule has 2 N–H and O–H groups in total. The Morgan fingerprint density at radius 2 is 2.33 bits per heavy atom. The molecule has 0 saturated heterocycles. The third-order valence-electron chi connectivity index (χ3n) is 3.82. The fourth-order valence-corrected chi connectivity index (χ4v) is 2.78. The van der Waals surface area contributed by atoms with Crippen LogP contribution in [-0.2, 0) is 4.79 Å². The van der Waals surface area contributed by atoms with Crippen molar-refractivity contribution in [2.75, 3.05) is 0 Å². The van der Waals surface area contributed by atoms with E-state index in [0.29, 0.717) is 17.7 Å². The molecule has 4 nitrogen and oxygen atoms in total. The number of carbonyl (C=O) groups is 1. The second-order valence-electron chi connectivity index (χ2n) is 5.41. The molecule has 0 radical (unpaired) electrons. The predicted octanol–water partition coefficient (Wildman–Crippen LogP) is 3.13. The molecule has 1 heterocycles. The van der Waals surface area contributed by atoms with Gasteiger partial charge in [-0.05, 0) is 43.5 Å². The van der Waals surface area contributed by atoms with E-state index in [4.69, 9.17) is 4.74 Å². The van der Waals surface area contributed by atoms with Gasteiger partial charge in [-0.2, -0.15) is 0 Å². The number of rotatable bonds is 3. The number of aromatic hydroxyl groups is 1. The van der Waals surface area contributed by atoms with Gasteiger partial charge in [0.15, 0.2) is 0 Å². The highest BCUT2D eigenvalue weighted by atomic mass is 16.5. The van der Waals surface area contributed by atoms with Crippen LogP contribution in [0, 0.1) is 0 Å². The molecule has 1 aromatic rings. The van der Waals surface area contributed by atoms with Crippen LogP contribution in [0.2, 0.25) is 0 Å². The van der Waals surface area contributed by atoms with E-state index in [0.717, 1.165) is 30.6 Å². The third kappa shape index (κ3) is 2.66. The van der Waals surface area contributed by atoms with Crippen molar-refractivity contribution in [1.29, 1.82) is 0 Å². The van der Waals surface area contributed by atoms with Crippen LogP contribution >= 0.6 is 0 Å². The molecule has 1 aliphatic carbocycles. The topological polar surface area (TPSA) is 58.6 Å². The average Bonchev–Trinajstić information content (AvgIpc) is 2.47. The Bertz CT molecular complexity index is 631. The normalized spacial score (nSPS) is 19.6. The zero-order valence-electron chi connectivity index (χ0n) is 12.1. The molecule has 3 rings (SSSR count). The molecule has 1 atom stereocenters. The van der Waals surface area contributed by atoms with E-state index < -0.39 is 0 Å². The van der Waals surface area contributed by atoms with Crippen molar-refractivity contribution in [2.24, 2.45) is 0 Å².